The lowest BCUT2D eigenvalue weighted by molar-refractivity contribution is 0.500. The summed E-state index contributed by atoms with van der Waals surface area (Å²) in [5.74, 6) is 0.823. The molecule has 0 bridgehead atoms. The van der Waals surface area contributed by atoms with Crippen LogP contribution in [-0.2, 0) is 0 Å². The monoisotopic (exact) mass is 203 g/mol. The van der Waals surface area contributed by atoms with Gasteiger partial charge in [-0.05, 0) is 46.5 Å². The Morgan fingerprint density at radius 3 is 2.00 bits per heavy atom. The summed E-state index contributed by atoms with van der Waals surface area (Å²) in [5, 5.41) is 0. The molecule has 1 atom stereocenters. The summed E-state index contributed by atoms with van der Waals surface area (Å²) in [4.78, 5) is 0. The molecule has 1 N–H and O–H groups in total. The van der Waals surface area contributed by atoms with Crippen LogP contribution in [0.15, 0.2) is 0 Å². The van der Waals surface area contributed by atoms with Crippen molar-refractivity contribution < 1.29 is 0 Å². The van der Waals surface area contributed by atoms with Crippen LogP contribution >= 0.6 is 11.9 Å². The highest BCUT2D eigenvalue weighted by Gasteiger charge is 2.12. The third-order valence-corrected chi connectivity index (χ3v) is 2.88. The normalized spacial score (nSPS) is 15.0. The summed E-state index contributed by atoms with van der Waals surface area (Å²) in [6.45, 7) is 13.5. The van der Waals surface area contributed by atoms with Gasteiger partial charge in [-0.3, -0.25) is 4.72 Å². The fraction of sp³-hybridized carbons (Fsp3) is 1.00. The first-order valence-corrected chi connectivity index (χ1v) is 6.06. The lowest BCUT2D eigenvalue weighted by Gasteiger charge is -2.22. The topological polar surface area (TPSA) is 12.0 Å². The van der Waals surface area contributed by atoms with E-state index in [1.165, 1.54) is 12.8 Å². The van der Waals surface area contributed by atoms with Gasteiger partial charge in [-0.25, -0.2) is 0 Å². The van der Waals surface area contributed by atoms with Crippen molar-refractivity contribution in [1.29, 1.82) is 0 Å². The molecule has 2 heteroatoms. The molecule has 0 saturated carbocycles. The lowest BCUT2D eigenvalue weighted by atomic mass is 10.1. The molecule has 13 heavy (non-hydrogen) atoms. The molecule has 0 aliphatic carbocycles. The zero-order valence-corrected chi connectivity index (χ0v) is 10.8. The van der Waals surface area contributed by atoms with Crippen molar-refractivity contribution in [2.45, 2.75) is 65.2 Å². The molecule has 80 valence electrons. The van der Waals surface area contributed by atoms with Crippen molar-refractivity contribution in [3.05, 3.63) is 0 Å². The number of rotatable bonds is 5. The van der Waals surface area contributed by atoms with Crippen LogP contribution < -0.4 is 4.72 Å². The molecule has 0 aromatic heterocycles. The smallest absolute Gasteiger partial charge is 0.0220 e. The van der Waals surface area contributed by atoms with E-state index in [9.17, 15) is 0 Å². The highest BCUT2D eigenvalue weighted by atomic mass is 32.2. The number of nitrogens with one attached hydrogen (secondary N) is 1. The molecule has 1 nitrogen and oxygen atoms in total. The van der Waals surface area contributed by atoms with Crippen LogP contribution in [0.5, 0.6) is 0 Å². The van der Waals surface area contributed by atoms with Crippen LogP contribution in [0, 0.1) is 5.92 Å². The molecule has 0 aliphatic rings. The van der Waals surface area contributed by atoms with E-state index in [1.54, 1.807) is 0 Å². The van der Waals surface area contributed by atoms with Crippen LogP contribution in [0.2, 0.25) is 0 Å². The van der Waals surface area contributed by atoms with Crippen molar-refractivity contribution in [1.82, 2.24) is 4.72 Å². The van der Waals surface area contributed by atoms with Gasteiger partial charge in [-0.1, -0.05) is 25.8 Å². The molecule has 0 saturated heterocycles. The van der Waals surface area contributed by atoms with Gasteiger partial charge in [0.25, 0.3) is 0 Å². The molecule has 1 unspecified atom stereocenters. The zero-order valence-electron chi connectivity index (χ0n) is 9.98. The Morgan fingerprint density at radius 1 is 1.08 bits per heavy atom. The first kappa shape index (κ1) is 13.3. The second kappa shape index (κ2) is 5.92. The third kappa shape index (κ3) is 10.2. The van der Waals surface area contributed by atoms with Crippen molar-refractivity contribution in [3.8, 4) is 0 Å². The van der Waals surface area contributed by atoms with Gasteiger partial charge in [-0.2, -0.15) is 0 Å². The SMILES string of the molecule is CC(C)CCC(C)NSC(C)(C)C. The molecular weight excluding hydrogens is 178 g/mol. The Kier molecular flexibility index (Phi) is 6.06. The van der Waals surface area contributed by atoms with Gasteiger partial charge in [0.2, 0.25) is 0 Å². The summed E-state index contributed by atoms with van der Waals surface area (Å²) in [6.07, 6.45) is 2.60. The fourth-order valence-electron chi connectivity index (χ4n) is 0.920. The molecule has 0 fully saturated rings. The molecule has 0 rings (SSSR count). The predicted molar refractivity (Wildman–Crippen MR) is 64.0 cm³/mol. The molecule has 0 spiro atoms. The van der Waals surface area contributed by atoms with Crippen molar-refractivity contribution in [2.75, 3.05) is 0 Å². The maximum Gasteiger partial charge on any atom is 0.0220 e. The van der Waals surface area contributed by atoms with Gasteiger partial charge in [0.05, 0.1) is 0 Å². The van der Waals surface area contributed by atoms with Crippen LogP contribution in [0.3, 0.4) is 0 Å². The van der Waals surface area contributed by atoms with Gasteiger partial charge < -0.3 is 0 Å². The molecule has 0 radical (unpaired) electrons. The second-order valence-electron chi connectivity index (χ2n) is 5.20. The van der Waals surface area contributed by atoms with Crippen LogP contribution in [0.1, 0.15) is 54.4 Å². The number of hydrogen-bond acceptors (Lipinski definition) is 2. The minimum atomic E-state index is 0.325. The van der Waals surface area contributed by atoms with E-state index >= 15 is 0 Å². The Hall–Kier alpha value is 0.310. The predicted octanol–water partition coefficient (Wildman–Crippen LogP) is 3.85. The third-order valence-electron chi connectivity index (χ3n) is 1.74. The average Bonchev–Trinajstić information content (AvgIpc) is 1.95. The minimum Gasteiger partial charge on any atom is -0.261 e. The van der Waals surface area contributed by atoms with E-state index in [-0.39, 0.29) is 0 Å². The second-order valence-corrected chi connectivity index (χ2v) is 6.87. The van der Waals surface area contributed by atoms with Crippen LogP contribution in [0.25, 0.3) is 0 Å². The summed E-state index contributed by atoms with van der Waals surface area (Å²) >= 11 is 1.84. The largest absolute Gasteiger partial charge is 0.261 e. The van der Waals surface area contributed by atoms with Gasteiger partial charge in [0.1, 0.15) is 0 Å². The summed E-state index contributed by atoms with van der Waals surface area (Å²) in [5.41, 5.74) is 0. The molecular formula is C11H25NS. The number of hydrogen-bond donors (Lipinski definition) is 1. The first-order valence-electron chi connectivity index (χ1n) is 5.25. The van der Waals surface area contributed by atoms with Gasteiger partial charge >= 0.3 is 0 Å². The van der Waals surface area contributed by atoms with E-state index in [1.807, 2.05) is 11.9 Å². The van der Waals surface area contributed by atoms with E-state index in [0.29, 0.717) is 10.8 Å². The van der Waals surface area contributed by atoms with Gasteiger partial charge in [0, 0.05) is 10.8 Å². The Morgan fingerprint density at radius 2 is 1.62 bits per heavy atom. The van der Waals surface area contributed by atoms with Crippen LogP contribution in [-0.4, -0.2) is 10.8 Å². The quantitative estimate of drug-likeness (QED) is 0.681. The maximum atomic E-state index is 3.49. The zero-order chi connectivity index (χ0) is 10.5. The highest BCUT2D eigenvalue weighted by molar-refractivity contribution is 7.98. The van der Waals surface area contributed by atoms with E-state index in [4.69, 9.17) is 0 Å². The Labute approximate surface area is 88.2 Å². The van der Waals surface area contributed by atoms with Crippen molar-refractivity contribution in [3.63, 3.8) is 0 Å². The maximum absolute atomic E-state index is 3.49. The lowest BCUT2D eigenvalue weighted by Crippen LogP contribution is -2.25. The fourth-order valence-corrected chi connectivity index (χ4v) is 1.59. The summed E-state index contributed by atoms with van der Waals surface area (Å²) in [7, 11) is 0. The summed E-state index contributed by atoms with van der Waals surface area (Å²) in [6, 6.07) is 0.631. The first-order chi connectivity index (χ1) is 5.81. The molecule has 0 amide bonds. The van der Waals surface area contributed by atoms with Crippen molar-refractivity contribution >= 4 is 11.9 Å². The Balaban J connectivity index is 3.46. The molecule has 0 aliphatic heterocycles. The minimum absolute atomic E-state index is 0.325. The summed E-state index contributed by atoms with van der Waals surface area (Å²) < 4.78 is 3.82. The highest BCUT2D eigenvalue weighted by Crippen LogP contribution is 2.21. The van der Waals surface area contributed by atoms with E-state index < -0.39 is 0 Å². The van der Waals surface area contributed by atoms with E-state index in [0.717, 1.165) is 5.92 Å². The molecule has 0 aromatic rings. The van der Waals surface area contributed by atoms with E-state index in [2.05, 4.69) is 46.3 Å². The van der Waals surface area contributed by atoms with Gasteiger partial charge in [-0.15, -0.1) is 0 Å². The van der Waals surface area contributed by atoms with Crippen molar-refractivity contribution in [2.24, 2.45) is 5.92 Å². The average molecular weight is 203 g/mol. The van der Waals surface area contributed by atoms with Crippen LogP contribution in [0.4, 0.5) is 0 Å². The molecule has 0 aromatic carbocycles. The van der Waals surface area contributed by atoms with Gasteiger partial charge in [0.15, 0.2) is 0 Å². The standard InChI is InChI=1S/C11H25NS/c1-9(2)7-8-10(3)12-13-11(4,5)6/h9-10,12H,7-8H2,1-6H3. The molecule has 0 heterocycles. The Bertz CT molecular complexity index is 127.